The molecule has 0 spiro atoms. The summed E-state index contributed by atoms with van der Waals surface area (Å²) in [5, 5.41) is 3.73. The third kappa shape index (κ3) is 4.46. The van der Waals surface area contributed by atoms with Crippen LogP contribution in [0.4, 0.5) is 4.79 Å². The van der Waals surface area contributed by atoms with Gasteiger partial charge in [0.1, 0.15) is 0 Å². The number of carbonyl (C=O) groups is 1. The van der Waals surface area contributed by atoms with Gasteiger partial charge in [-0.1, -0.05) is 37.3 Å². The molecule has 4 heteroatoms. The number of amides is 1. The molecule has 21 heavy (non-hydrogen) atoms. The maximum Gasteiger partial charge on any atom is 0.409 e. The summed E-state index contributed by atoms with van der Waals surface area (Å²) in [5.41, 5.74) is 1.34. The van der Waals surface area contributed by atoms with E-state index in [1.807, 2.05) is 17.9 Å². The highest BCUT2D eigenvalue weighted by atomic mass is 16.6. The average Bonchev–Trinajstić information content (AvgIpc) is 2.54. The molecule has 1 saturated heterocycles. The van der Waals surface area contributed by atoms with Crippen molar-refractivity contribution in [2.75, 3.05) is 19.7 Å². The SMILES string of the molecule is CCOC(=O)N1CCC(NC(CC)c2ccccc2)CC1. The van der Waals surface area contributed by atoms with Crippen molar-refractivity contribution in [3.8, 4) is 0 Å². The van der Waals surface area contributed by atoms with Crippen LogP contribution in [0.5, 0.6) is 0 Å². The molecule has 1 fully saturated rings. The van der Waals surface area contributed by atoms with Crippen LogP contribution < -0.4 is 5.32 Å². The van der Waals surface area contributed by atoms with Crippen molar-refractivity contribution in [1.82, 2.24) is 10.2 Å². The predicted molar refractivity (Wildman–Crippen MR) is 84.2 cm³/mol. The number of ether oxygens (including phenoxy) is 1. The number of carbonyl (C=O) groups excluding carboxylic acids is 1. The van der Waals surface area contributed by atoms with E-state index in [-0.39, 0.29) is 6.09 Å². The first-order valence-corrected chi connectivity index (χ1v) is 7.97. The van der Waals surface area contributed by atoms with Crippen LogP contribution in [0.25, 0.3) is 0 Å². The Labute approximate surface area is 127 Å². The van der Waals surface area contributed by atoms with Crippen molar-refractivity contribution >= 4 is 6.09 Å². The van der Waals surface area contributed by atoms with Crippen LogP contribution in [0.15, 0.2) is 30.3 Å². The standard InChI is InChI=1S/C17H26N2O2/c1-3-16(14-8-6-5-7-9-14)18-15-10-12-19(13-11-15)17(20)21-4-2/h5-9,15-16,18H,3-4,10-13H2,1-2H3. The molecule has 1 aliphatic heterocycles. The van der Waals surface area contributed by atoms with E-state index in [0.29, 0.717) is 18.7 Å². The number of hydrogen-bond acceptors (Lipinski definition) is 3. The minimum atomic E-state index is -0.175. The first-order valence-electron chi connectivity index (χ1n) is 7.97. The minimum absolute atomic E-state index is 0.175. The van der Waals surface area contributed by atoms with E-state index in [0.717, 1.165) is 32.4 Å². The van der Waals surface area contributed by atoms with Gasteiger partial charge in [0.25, 0.3) is 0 Å². The molecule has 1 aromatic carbocycles. The Balaban J connectivity index is 1.83. The Hall–Kier alpha value is -1.55. The highest BCUT2D eigenvalue weighted by Gasteiger charge is 2.25. The second-order valence-electron chi connectivity index (χ2n) is 5.50. The van der Waals surface area contributed by atoms with Crippen LogP contribution in [0.1, 0.15) is 44.7 Å². The van der Waals surface area contributed by atoms with Gasteiger partial charge >= 0.3 is 6.09 Å². The lowest BCUT2D eigenvalue weighted by atomic mass is 9.99. The zero-order valence-corrected chi connectivity index (χ0v) is 13.0. The number of hydrogen-bond donors (Lipinski definition) is 1. The molecule has 4 nitrogen and oxygen atoms in total. The quantitative estimate of drug-likeness (QED) is 0.904. The average molecular weight is 290 g/mol. The summed E-state index contributed by atoms with van der Waals surface area (Å²) < 4.78 is 5.05. The Bertz CT molecular complexity index is 428. The van der Waals surface area contributed by atoms with E-state index in [1.54, 1.807) is 0 Å². The lowest BCUT2D eigenvalue weighted by molar-refractivity contribution is 0.0941. The summed E-state index contributed by atoms with van der Waals surface area (Å²) in [6.45, 7) is 6.06. The van der Waals surface area contributed by atoms with Crippen molar-refractivity contribution in [1.29, 1.82) is 0 Å². The number of nitrogens with zero attached hydrogens (tertiary/aromatic N) is 1. The van der Waals surface area contributed by atoms with Gasteiger partial charge in [-0.05, 0) is 31.7 Å². The van der Waals surface area contributed by atoms with E-state index in [4.69, 9.17) is 4.74 Å². The first-order chi connectivity index (χ1) is 10.2. The van der Waals surface area contributed by atoms with Crippen LogP contribution in [-0.4, -0.2) is 36.7 Å². The normalized spacial score (nSPS) is 17.5. The molecular weight excluding hydrogens is 264 g/mol. The molecule has 1 aromatic rings. The van der Waals surface area contributed by atoms with Crippen molar-refractivity contribution in [2.24, 2.45) is 0 Å². The highest BCUT2D eigenvalue weighted by Crippen LogP contribution is 2.20. The van der Waals surface area contributed by atoms with Gasteiger partial charge in [-0.25, -0.2) is 4.79 Å². The fourth-order valence-corrected chi connectivity index (χ4v) is 2.86. The van der Waals surface area contributed by atoms with Crippen LogP contribution in [0, 0.1) is 0 Å². The fourth-order valence-electron chi connectivity index (χ4n) is 2.86. The summed E-state index contributed by atoms with van der Waals surface area (Å²) >= 11 is 0. The molecule has 0 saturated carbocycles. The van der Waals surface area contributed by atoms with Crippen molar-refractivity contribution in [3.63, 3.8) is 0 Å². The predicted octanol–water partition coefficient (Wildman–Crippen LogP) is 3.35. The second-order valence-corrected chi connectivity index (χ2v) is 5.50. The third-order valence-electron chi connectivity index (χ3n) is 4.07. The molecule has 1 aliphatic rings. The van der Waals surface area contributed by atoms with Gasteiger partial charge in [0.15, 0.2) is 0 Å². The molecule has 0 aliphatic carbocycles. The van der Waals surface area contributed by atoms with Crippen molar-refractivity contribution in [2.45, 2.75) is 45.2 Å². The lowest BCUT2D eigenvalue weighted by Gasteiger charge is -2.34. The number of benzene rings is 1. The molecule has 116 valence electrons. The van der Waals surface area contributed by atoms with E-state index >= 15 is 0 Å². The van der Waals surface area contributed by atoms with E-state index < -0.39 is 0 Å². The molecule has 0 bridgehead atoms. The van der Waals surface area contributed by atoms with Crippen molar-refractivity contribution in [3.05, 3.63) is 35.9 Å². The molecule has 2 rings (SSSR count). The van der Waals surface area contributed by atoms with E-state index in [1.165, 1.54) is 5.56 Å². The Kier molecular flexibility index (Phi) is 6.05. The van der Waals surface area contributed by atoms with E-state index in [2.05, 4.69) is 36.5 Å². The van der Waals surface area contributed by atoms with Crippen LogP contribution >= 0.6 is 0 Å². The number of nitrogens with one attached hydrogen (secondary N) is 1. The summed E-state index contributed by atoms with van der Waals surface area (Å²) in [6.07, 6.45) is 2.87. The zero-order valence-electron chi connectivity index (χ0n) is 13.0. The van der Waals surface area contributed by atoms with Gasteiger partial charge in [-0.15, -0.1) is 0 Å². The lowest BCUT2D eigenvalue weighted by Crippen LogP contribution is -2.45. The van der Waals surface area contributed by atoms with Crippen molar-refractivity contribution < 1.29 is 9.53 Å². The Morgan fingerprint density at radius 2 is 1.95 bits per heavy atom. The molecule has 1 amide bonds. The largest absolute Gasteiger partial charge is 0.450 e. The van der Waals surface area contributed by atoms with Crippen LogP contribution in [-0.2, 0) is 4.74 Å². The summed E-state index contributed by atoms with van der Waals surface area (Å²) in [5.74, 6) is 0. The molecule has 1 N–H and O–H groups in total. The van der Waals surface area contributed by atoms with Gasteiger partial charge in [0.2, 0.25) is 0 Å². The number of likely N-dealkylation sites (tertiary alicyclic amines) is 1. The Morgan fingerprint density at radius 1 is 1.29 bits per heavy atom. The molecule has 1 unspecified atom stereocenters. The molecular formula is C17H26N2O2. The maximum absolute atomic E-state index is 11.7. The van der Waals surface area contributed by atoms with Gasteiger partial charge in [-0.2, -0.15) is 0 Å². The summed E-state index contributed by atoms with van der Waals surface area (Å²) in [7, 11) is 0. The van der Waals surface area contributed by atoms with Gasteiger partial charge < -0.3 is 15.0 Å². The third-order valence-corrected chi connectivity index (χ3v) is 4.07. The minimum Gasteiger partial charge on any atom is -0.450 e. The van der Waals surface area contributed by atoms with Gasteiger partial charge in [-0.3, -0.25) is 0 Å². The van der Waals surface area contributed by atoms with E-state index in [9.17, 15) is 4.79 Å². The summed E-state index contributed by atoms with van der Waals surface area (Å²) in [4.78, 5) is 13.5. The first kappa shape index (κ1) is 15.8. The fraction of sp³-hybridized carbons (Fsp3) is 0.588. The van der Waals surface area contributed by atoms with Gasteiger partial charge in [0.05, 0.1) is 6.61 Å². The highest BCUT2D eigenvalue weighted by molar-refractivity contribution is 5.67. The molecule has 0 radical (unpaired) electrons. The smallest absolute Gasteiger partial charge is 0.409 e. The summed E-state index contributed by atoms with van der Waals surface area (Å²) in [6, 6.07) is 11.4. The Morgan fingerprint density at radius 3 is 2.52 bits per heavy atom. The topological polar surface area (TPSA) is 41.6 Å². The molecule has 1 heterocycles. The van der Waals surface area contributed by atoms with Crippen LogP contribution in [0.2, 0.25) is 0 Å². The maximum atomic E-state index is 11.7. The van der Waals surface area contributed by atoms with Crippen LogP contribution in [0.3, 0.4) is 0 Å². The molecule has 1 atom stereocenters. The number of rotatable bonds is 5. The van der Waals surface area contributed by atoms with Gasteiger partial charge in [0, 0.05) is 25.2 Å². The second kappa shape index (κ2) is 8.03. The zero-order chi connectivity index (χ0) is 15.1. The molecule has 0 aromatic heterocycles. The monoisotopic (exact) mass is 290 g/mol. The number of piperidine rings is 1.